The molecule has 1 aliphatic rings. The van der Waals surface area contributed by atoms with Gasteiger partial charge in [-0.2, -0.15) is 0 Å². The second kappa shape index (κ2) is 8.50. The molecule has 1 aliphatic carbocycles. The molecule has 4 rings (SSSR count). The average Bonchev–Trinajstić information content (AvgIpc) is 3.13. The van der Waals surface area contributed by atoms with Crippen molar-refractivity contribution in [2.45, 2.75) is 18.5 Å². The van der Waals surface area contributed by atoms with E-state index < -0.39 is 35.5 Å². The minimum absolute atomic E-state index is 0.185. The predicted molar refractivity (Wildman–Crippen MR) is 116 cm³/mol. The normalized spacial score (nSPS) is 13.0. The van der Waals surface area contributed by atoms with E-state index in [0.717, 1.165) is 22.3 Å². The molecule has 0 spiro atoms. The van der Waals surface area contributed by atoms with Gasteiger partial charge in [0, 0.05) is 12.1 Å². The second-order valence-electron chi connectivity index (χ2n) is 7.42. The van der Waals surface area contributed by atoms with Gasteiger partial charge in [0.15, 0.2) is 0 Å². The molecule has 1 atom stereocenters. The number of hydrogen-bond acceptors (Lipinski definition) is 5. The van der Waals surface area contributed by atoms with Crippen molar-refractivity contribution >= 4 is 17.7 Å². The summed E-state index contributed by atoms with van der Waals surface area (Å²) in [4.78, 5) is 37.1. The summed E-state index contributed by atoms with van der Waals surface area (Å²) in [6, 6.07) is 19.3. The van der Waals surface area contributed by atoms with Crippen LogP contribution in [0.3, 0.4) is 0 Å². The van der Waals surface area contributed by atoms with Gasteiger partial charge in [-0.25, -0.2) is 4.79 Å². The highest BCUT2D eigenvalue weighted by Crippen LogP contribution is 2.49. The van der Waals surface area contributed by atoms with Gasteiger partial charge < -0.3 is 9.84 Å². The number of non-ortho nitro benzene ring substituents is 1. The monoisotopic (exact) mass is 432 g/mol. The van der Waals surface area contributed by atoms with Gasteiger partial charge in [0.25, 0.3) is 5.69 Å². The standard InChI is InChI=1S/C24H20N2O6/c1-32-24(29)25(21(14-22(27)28)15-7-6-8-16(13-15)26(30)31)23-19-11-4-2-9-17(19)18-10-3-5-12-20(18)23/h2-13,21,23H,14H2,1H3,(H,27,28). The molecule has 0 aromatic heterocycles. The molecule has 0 saturated carbocycles. The van der Waals surface area contributed by atoms with E-state index in [1.54, 1.807) is 6.07 Å². The zero-order chi connectivity index (χ0) is 22.8. The molecule has 3 aromatic carbocycles. The number of aliphatic carboxylic acids is 1. The van der Waals surface area contributed by atoms with Crippen molar-refractivity contribution in [3.05, 3.63) is 99.6 Å². The number of nitrogens with zero attached hydrogens (tertiary/aromatic N) is 2. The Kier molecular flexibility index (Phi) is 5.59. The number of amides is 1. The molecular weight excluding hydrogens is 412 g/mol. The van der Waals surface area contributed by atoms with Gasteiger partial charge in [-0.15, -0.1) is 0 Å². The molecule has 1 amide bonds. The summed E-state index contributed by atoms with van der Waals surface area (Å²) >= 11 is 0. The van der Waals surface area contributed by atoms with Crippen molar-refractivity contribution in [2.24, 2.45) is 0 Å². The van der Waals surface area contributed by atoms with Gasteiger partial charge in [-0.1, -0.05) is 60.7 Å². The summed E-state index contributed by atoms with van der Waals surface area (Å²) in [5, 5.41) is 21.0. The van der Waals surface area contributed by atoms with E-state index in [0.29, 0.717) is 5.56 Å². The molecule has 3 aromatic rings. The quantitative estimate of drug-likeness (QED) is 0.436. The maximum Gasteiger partial charge on any atom is 0.410 e. The van der Waals surface area contributed by atoms with Crippen LogP contribution in [-0.2, 0) is 9.53 Å². The van der Waals surface area contributed by atoms with Crippen LogP contribution in [0.4, 0.5) is 10.5 Å². The van der Waals surface area contributed by atoms with Crippen LogP contribution in [0, 0.1) is 10.1 Å². The lowest BCUT2D eigenvalue weighted by Crippen LogP contribution is -2.39. The minimum atomic E-state index is -1.14. The molecule has 1 N–H and O–H groups in total. The fraction of sp³-hybridized carbons (Fsp3) is 0.167. The Morgan fingerprint density at radius 2 is 1.62 bits per heavy atom. The maximum atomic E-state index is 13.1. The molecule has 0 saturated heterocycles. The average molecular weight is 432 g/mol. The van der Waals surface area contributed by atoms with Gasteiger partial charge in [-0.3, -0.25) is 19.8 Å². The minimum Gasteiger partial charge on any atom is -0.481 e. The third-order valence-electron chi connectivity index (χ3n) is 5.63. The number of nitro groups is 1. The third kappa shape index (κ3) is 3.66. The number of methoxy groups -OCH3 is 1. The molecule has 0 fully saturated rings. The Hall–Kier alpha value is -4.20. The Balaban J connectivity index is 1.92. The van der Waals surface area contributed by atoms with Gasteiger partial charge in [0.05, 0.1) is 30.5 Å². The third-order valence-corrected chi connectivity index (χ3v) is 5.63. The van der Waals surface area contributed by atoms with Crippen molar-refractivity contribution in [1.29, 1.82) is 0 Å². The van der Waals surface area contributed by atoms with Crippen molar-refractivity contribution < 1.29 is 24.4 Å². The second-order valence-corrected chi connectivity index (χ2v) is 7.42. The fourth-order valence-electron chi connectivity index (χ4n) is 4.33. The number of fused-ring (bicyclic) bond motifs is 3. The number of rotatable bonds is 6. The van der Waals surface area contributed by atoms with Crippen LogP contribution < -0.4 is 0 Å². The Labute approximate surface area is 183 Å². The molecule has 0 aliphatic heterocycles. The summed E-state index contributed by atoms with van der Waals surface area (Å²) in [6.45, 7) is 0. The highest BCUT2D eigenvalue weighted by Gasteiger charge is 2.41. The van der Waals surface area contributed by atoms with E-state index in [1.165, 1.54) is 30.2 Å². The van der Waals surface area contributed by atoms with E-state index in [4.69, 9.17) is 4.74 Å². The zero-order valence-electron chi connectivity index (χ0n) is 17.2. The topological polar surface area (TPSA) is 110 Å². The number of carbonyl (C=O) groups is 2. The number of hydrogen-bond donors (Lipinski definition) is 1. The first-order valence-corrected chi connectivity index (χ1v) is 9.93. The van der Waals surface area contributed by atoms with E-state index in [2.05, 4.69) is 0 Å². The first-order valence-electron chi connectivity index (χ1n) is 9.93. The smallest absolute Gasteiger partial charge is 0.410 e. The van der Waals surface area contributed by atoms with E-state index in [-0.39, 0.29) is 5.69 Å². The molecule has 162 valence electrons. The van der Waals surface area contributed by atoms with E-state index >= 15 is 0 Å². The first kappa shape index (κ1) is 21.0. The molecule has 0 radical (unpaired) electrons. The van der Waals surface area contributed by atoms with Gasteiger partial charge in [0.2, 0.25) is 0 Å². The van der Waals surface area contributed by atoms with Crippen LogP contribution in [0.1, 0.15) is 35.2 Å². The number of carboxylic acids is 1. The predicted octanol–water partition coefficient (Wildman–Crippen LogP) is 4.95. The lowest BCUT2D eigenvalue weighted by Gasteiger charge is -2.36. The number of nitro benzene ring substituents is 1. The summed E-state index contributed by atoms with van der Waals surface area (Å²) < 4.78 is 5.08. The van der Waals surface area contributed by atoms with Gasteiger partial charge in [0.1, 0.15) is 0 Å². The van der Waals surface area contributed by atoms with Crippen LogP contribution in [0.25, 0.3) is 11.1 Å². The van der Waals surface area contributed by atoms with Crippen LogP contribution in [0.5, 0.6) is 0 Å². The molecule has 8 heteroatoms. The van der Waals surface area contributed by atoms with E-state index in [1.807, 2.05) is 48.5 Å². The number of ether oxygens (including phenoxy) is 1. The molecule has 0 heterocycles. The fourth-order valence-corrected chi connectivity index (χ4v) is 4.33. The van der Waals surface area contributed by atoms with Crippen LogP contribution >= 0.6 is 0 Å². The van der Waals surface area contributed by atoms with Crippen molar-refractivity contribution in [3.63, 3.8) is 0 Å². The Morgan fingerprint density at radius 3 is 2.16 bits per heavy atom. The zero-order valence-corrected chi connectivity index (χ0v) is 17.2. The Bertz CT molecular complexity index is 1160. The summed E-state index contributed by atoms with van der Waals surface area (Å²) in [7, 11) is 1.23. The first-order chi connectivity index (χ1) is 15.4. The highest BCUT2D eigenvalue weighted by molar-refractivity contribution is 5.82. The number of carboxylic acid groups (broad SMARTS) is 1. The maximum absolute atomic E-state index is 13.1. The lowest BCUT2D eigenvalue weighted by atomic mass is 9.96. The Morgan fingerprint density at radius 1 is 1.03 bits per heavy atom. The number of benzene rings is 3. The van der Waals surface area contributed by atoms with Crippen LogP contribution in [-0.4, -0.2) is 34.1 Å². The van der Waals surface area contributed by atoms with Crippen LogP contribution in [0.15, 0.2) is 72.8 Å². The summed E-state index contributed by atoms with van der Waals surface area (Å²) in [5.74, 6) is -1.14. The lowest BCUT2D eigenvalue weighted by molar-refractivity contribution is -0.385. The summed E-state index contributed by atoms with van der Waals surface area (Å²) in [5.41, 5.74) is 3.70. The van der Waals surface area contributed by atoms with Gasteiger partial charge in [-0.05, 0) is 27.8 Å². The summed E-state index contributed by atoms with van der Waals surface area (Å²) in [6.07, 6.45) is -1.17. The highest BCUT2D eigenvalue weighted by atomic mass is 16.6. The largest absolute Gasteiger partial charge is 0.481 e. The molecule has 1 unspecified atom stereocenters. The van der Waals surface area contributed by atoms with Crippen molar-refractivity contribution in [2.75, 3.05) is 7.11 Å². The molecule has 32 heavy (non-hydrogen) atoms. The van der Waals surface area contributed by atoms with Crippen LogP contribution in [0.2, 0.25) is 0 Å². The molecule has 8 nitrogen and oxygen atoms in total. The van der Waals surface area contributed by atoms with E-state index in [9.17, 15) is 24.8 Å². The van der Waals surface area contributed by atoms with Gasteiger partial charge >= 0.3 is 12.1 Å². The van der Waals surface area contributed by atoms with Crippen molar-refractivity contribution in [1.82, 2.24) is 4.90 Å². The molecular formula is C24H20N2O6. The SMILES string of the molecule is COC(=O)N(C(CC(=O)O)c1cccc([N+](=O)[O-])c1)C1c2ccccc2-c2ccccc21. The molecule has 0 bridgehead atoms. The number of carbonyl (C=O) groups excluding carboxylic acids is 1. The van der Waals surface area contributed by atoms with Crippen molar-refractivity contribution in [3.8, 4) is 11.1 Å².